The van der Waals surface area contributed by atoms with Crippen LogP contribution in [-0.4, -0.2) is 30.0 Å². The van der Waals surface area contributed by atoms with Crippen LogP contribution in [0.15, 0.2) is 24.3 Å². The summed E-state index contributed by atoms with van der Waals surface area (Å²) in [4.78, 5) is 0. The van der Waals surface area contributed by atoms with E-state index in [0.717, 1.165) is 18.7 Å². The summed E-state index contributed by atoms with van der Waals surface area (Å²) < 4.78 is 8.02. The second-order valence-corrected chi connectivity index (χ2v) is 4.58. The molecule has 1 aromatic heterocycles. The van der Waals surface area contributed by atoms with Crippen molar-refractivity contribution in [3.63, 3.8) is 0 Å². The molecule has 2 heterocycles. The first-order valence-corrected chi connectivity index (χ1v) is 6.04. The first-order valence-electron chi connectivity index (χ1n) is 6.04. The van der Waals surface area contributed by atoms with E-state index in [4.69, 9.17) is 4.74 Å². The van der Waals surface area contributed by atoms with Gasteiger partial charge in [0.2, 0.25) is 0 Å². The van der Waals surface area contributed by atoms with Crippen LogP contribution in [0.5, 0.6) is 0 Å². The van der Waals surface area contributed by atoms with Crippen molar-refractivity contribution in [2.24, 2.45) is 0 Å². The molecule has 0 saturated heterocycles. The van der Waals surface area contributed by atoms with Gasteiger partial charge in [-0.1, -0.05) is 18.2 Å². The van der Waals surface area contributed by atoms with Crippen molar-refractivity contribution in [3.05, 3.63) is 30.0 Å². The van der Waals surface area contributed by atoms with E-state index >= 15 is 0 Å². The molecule has 1 aliphatic heterocycles. The van der Waals surface area contributed by atoms with E-state index in [-0.39, 0.29) is 6.10 Å². The normalized spacial score (nSPS) is 23.9. The van der Waals surface area contributed by atoms with E-state index in [9.17, 15) is 0 Å². The highest BCUT2D eigenvalue weighted by atomic mass is 16.5. The van der Waals surface area contributed by atoms with Crippen LogP contribution in [-0.2, 0) is 4.74 Å². The minimum Gasteiger partial charge on any atom is -0.368 e. The van der Waals surface area contributed by atoms with Crippen LogP contribution in [0, 0.1) is 0 Å². The number of fused-ring (bicyclic) bond motifs is 3. The second-order valence-electron chi connectivity index (χ2n) is 4.58. The summed E-state index contributed by atoms with van der Waals surface area (Å²) in [6, 6.07) is 8.58. The van der Waals surface area contributed by atoms with Gasteiger partial charge in [0.15, 0.2) is 0 Å². The Bertz CT molecular complexity index is 534. The number of aromatic nitrogens is 2. The van der Waals surface area contributed by atoms with Crippen LogP contribution in [0.2, 0.25) is 0 Å². The predicted octanol–water partition coefficient (Wildman–Crippen LogP) is 1.89. The van der Waals surface area contributed by atoms with E-state index in [1.165, 1.54) is 11.1 Å². The number of ether oxygens (including phenoxy) is 1. The molecule has 3 rings (SSSR count). The molecule has 1 aromatic carbocycles. The Hall–Kier alpha value is -1.39. The molecule has 0 radical (unpaired) electrons. The Morgan fingerprint density at radius 1 is 1.47 bits per heavy atom. The molecule has 90 valence electrons. The summed E-state index contributed by atoms with van der Waals surface area (Å²) in [7, 11) is 1.95. The lowest BCUT2D eigenvalue weighted by atomic mass is 10.1. The molecule has 2 aromatic rings. The third kappa shape index (κ3) is 1.64. The maximum Gasteiger partial charge on any atom is 0.112 e. The average Bonchev–Trinajstić information content (AvgIpc) is 2.73. The van der Waals surface area contributed by atoms with Crippen molar-refractivity contribution < 1.29 is 4.74 Å². The molecule has 1 aliphatic rings. The monoisotopic (exact) mass is 231 g/mol. The highest BCUT2D eigenvalue weighted by Gasteiger charge is 2.28. The van der Waals surface area contributed by atoms with Crippen molar-refractivity contribution in [2.45, 2.75) is 19.1 Å². The van der Waals surface area contributed by atoms with E-state index < -0.39 is 0 Å². The molecule has 4 nitrogen and oxygen atoms in total. The summed E-state index contributed by atoms with van der Waals surface area (Å²) in [6.07, 6.45) is 0.101. The topological polar surface area (TPSA) is 39.1 Å². The SMILES string of the molecule is CNCC1OCC(C)n2nc3ccccc3c21. The standard InChI is InChI=1S/C13H17N3O/c1-9-8-17-12(7-14-2)13-10-5-3-4-6-11(10)15-16(9)13/h3-6,9,12,14H,7-8H2,1-2H3. The Morgan fingerprint density at radius 3 is 3.12 bits per heavy atom. The molecule has 2 atom stereocenters. The third-order valence-corrected chi connectivity index (χ3v) is 3.29. The number of nitrogens with zero attached hydrogens (tertiary/aromatic N) is 2. The lowest BCUT2D eigenvalue weighted by Gasteiger charge is -2.29. The minimum absolute atomic E-state index is 0.101. The Morgan fingerprint density at radius 2 is 2.29 bits per heavy atom. The molecule has 17 heavy (non-hydrogen) atoms. The molecule has 0 bridgehead atoms. The fraction of sp³-hybridized carbons (Fsp3) is 0.462. The van der Waals surface area contributed by atoms with Gasteiger partial charge in [0.05, 0.1) is 23.9 Å². The highest BCUT2D eigenvalue weighted by Crippen LogP contribution is 2.32. The summed E-state index contributed by atoms with van der Waals surface area (Å²) in [5.41, 5.74) is 2.26. The van der Waals surface area contributed by atoms with Crippen molar-refractivity contribution in [3.8, 4) is 0 Å². The van der Waals surface area contributed by atoms with Crippen LogP contribution < -0.4 is 5.32 Å². The highest BCUT2D eigenvalue weighted by molar-refractivity contribution is 5.82. The number of benzene rings is 1. The van der Waals surface area contributed by atoms with Crippen LogP contribution in [0.3, 0.4) is 0 Å². The van der Waals surface area contributed by atoms with Crippen molar-refractivity contribution in [1.29, 1.82) is 0 Å². The van der Waals surface area contributed by atoms with Gasteiger partial charge in [-0.05, 0) is 20.0 Å². The smallest absolute Gasteiger partial charge is 0.112 e. The fourth-order valence-electron chi connectivity index (χ4n) is 2.47. The van der Waals surface area contributed by atoms with Crippen LogP contribution >= 0.6 is 0 Å². The van der Waals surface area contributed by atoms with Gasteiger partial charge in [-0.25, -0.2) is 0 Å². The second kappa shape index (κ2) is 4.13. The zero-order valence-electron chi connectivity index (χ0n) is 10.2. The molecule has 2 unspecified atom stereocenters. The van der Waals surface area contributed by atoms with Crippen LogP contribution in [0.1, 0.15) is 24.8 Å². The van der Waals surface area contributed by atoms with Crippen molar-refractivity contribution in [2.75, 3.05) is 20.2 Å². The molecule has 1 N–H and O–H groups in total. The largest absolute Gasteiger partial charge is 0.368 e. The molecule has 0 amide bonds. The summed E-state index contributed by atoms with van der Waals surface area (Å²) >= 11 is 0. The predicted molar refractivity (Wildman–Crippen MR) is 67.1 cm³/mol. The van der Waals surface area contributed by atoms with Crippen molar-refractivity contribution in [1.82, 2.24) is 15.1 Å². The maximum atomic E-state index is 5.90. The maximum absolute atomic E-state index is 5.90. The van der Waals surface area contributed by atoms with Gasteiger partial charge in [0, 0.05) is 11.9 Å². The zero-order chi connectivity index (χ0) is 11.8. The molecular weight excluding hydrogens is 214 g/mol. The molecule has 4 heteroatoms. The summed E-state index contributed by atoms with van der Waals surface area (Å²) in [6.45, 7) is 3.70. The molecule has 0 saturated carbocycles. The molecule has 0 aliphatic carbocycles. The van der Waals surface area contributed by atoms with E-state index in [2.05, 4.69) is 40.2 Å². The number of hydrogen-bond donors (Lipinski definition) is 1. The first-order chi connectivity index (χ1) is 8.31. The van der Waals surface area contributed by atoms with E-state index in [1.807, 2.05) is 13.1 Å². The lowest BCUT2D eigenvalue weighted by Crippen LogP contribution is -2.31. The van der Waals surface area contributed by atoms with E-state index in [1.54, 1.807) is 0 Å². The minimum atomic E-state index is 0.101. The van der Waals surface area contributed by atoms with Crippen LogP contribution in [0.25, 0.3) is 10.9 Å². The molecule has 0 fully saturated rings. The summed E-state index contributed by atoms with van der Waals surface area (Å²) in [5.74, 6) is 0. The van der Waals surface area contributed by atoms with Gasteiger partial charge < -0.3 is 10.1 Å². The first kappa shape index (κ1) is 10.7. The number of rotatable bonds is 2. The summed E-state index contributed by atoms with van der Waals surface area (Å²) in [5, 5.41) is 9.06. The van der Waals surface area contributed by atoms with Crippen molar-refractivity contribution >= 4 is 10.9 Å². The van der Waals surface area contributed by atoms with Gasteiger partial charge >= 0.3 is 0 Å². The fourth-order valence-corrected chi connectivity index (χ4v) is 2.47. The average molecular weight is 231 g/mol. The number of likely N-dealkylation sites (N-methyl/N-ethyl adjacent to an activating group) is 1. The number of hydrogen-bond acceptors (Lipinski definition) is 3. The Kier molecular flexibility index (Phi) is 2.61. The number of nitrogens with one attached hydrogen (secondary N) is 1. The third-order valence-electron chi connectivity index (χ3n) is 3.29. The quantitative estimate of drug-likeness (QED) is 0.857. The molecule has 0 spiro atoms. The van der Waals surface area contributed by atoms with Gasteiger partial charge in [-0.2, -0.15) is 5.10 Å². The van der Waals surface area contributed by atoms with Gasteiger partial charge in [0.25, 0.3) is 0 Å². The zero-order valence-corrected chi connectivity index (χ0v) is 10.2. The lowest BCUT2D eigenvalue weighted by molar-refractivity contribution is 0.00220. The van der Waals surface area contributed by atoms with Gasteiger partial charge in [0.1, 0.15) is 6.10 Å². The Labute approximate surface area is 101 Å². The van der Waals surface area contributed by atoms with Gasteiger partial charge in [-0.3, -0.25) is 4.68 Å². The molecular formula is C13H17N3O. The Balaban J connectivity index is 2.19. The van der Waals surface area contributed by atoms with Gasteiger partial charge in [-0.15, -0.1) is 0 Å². The van der Waals surface area contributed by atoms with E-state index in [0.29, 0.717) is 6.04 Å². The van der Waals surface area contributed by atoms with Crippen LogP contribution in [0.4, 0.5) is 0 Å².